The summed E-state index contributed by atoms with van der Waals surface area (Å²) in [6.45, 7) is 10.8. The van der Waals surface area contributed by atoms with Gasteiger partial charge in [-0.2, -0.15) is 0 Å². The first-order valence-corrected chi connectivity index (χ1v) is 21.9. The number of carbonyl (C=O) groups excluding carboxylic acids is 1. The molecule has 5 nitrogen and oxygen atoms in total. The van der Waals surface area contributed by atoms with Crippen LogP contribution in [0.4, 0.5) is 0 Å². The normalized spacial score (nSPS) is 11.2. The predicted molar refractivity (Wildman–Crippen MR) is 214 cm³/mol. The van der Waals surface area contributed by atoms with Crippen LogP contribution in [0.3, 0.4) is 0 Å². The van der Waals surface area contributed by atoms with Gasteiger partial charge >= 0.3 is 5.97 Å². The van der Waals surface area contributed by atoms with Gasteiger partial charge in [-0.3, -0.25) is 0 Å². The van der Waals surface area contributed by atoms with E-state index in [1.807, 2.05) is 13.0 Å². The van der Waals surface area contributed by atoms with Gasteiger partial charge in [0.25, 0.3) is 0 Å². The molecule has 0 aliphatic carbocycles. The van der Waals surface area contributed by atoms with Gasteiger partial charge in [0.1, 0.15) is 5.56 Å². The SMILES string of the molecule is CCCCCCCCCCCCOc1ccc(C(=O)OCC)c(OCCCCCCCCCCCC)c1OCCCCCCCCCCCC. The largest absolute Gasteiger partial charge is 0.490 e. The van der Waals surface area contributed by atoms with Crippen molar-refractivity contribution >= 4 is 5.97 Å². The predicted octanol–water partition coefficient (Wildman–Crippen LogP) is 14.8. The summed E-state index contributed by atoms with van der Waals surface area (Å²) < 4.78 is 24.6. The zero-order valence-electron chi connectivity index (χ0n) is 33.7. The average molecular weight is 703 g/mol. The number of esters is 1. The Labute approximate surface area is 310 Å². The maximum Gasteiger partial charge on any atom is 0.342 e. The van der Waals surface area contributed by atoms with Crippen molar-refractivity contribution in [1.82, 2.24) is 0 Å². The standard InChI is InChI=1S/C45H82O5/c1-5-9-12-15-18-21-24-27-30-33-38-48-42-37-36-41(45(46)47-8-4)43(49-39-34-31-28-25-22-19-16-13-10-6-2)44(42)50-40-35-32-29-26-23-20-17-14-11-7-3/h36-37H,5-35,38-40H2,1-4H3. The Kier molecular flexibility index (Phi) is 32.7. The van der Waals surface area contributed by atoms with E-state index >= 15 is 0 Å². The summed E-state index contributed by atoms with van der Waals surface area (Å²) in [5.41, 5.74) is 0.434. The molecule has 0 saturated heterocycles. The molecule has 0 N–H and O–H groups in total. The Morgan fingerprint density at radius 3 is 1.08 bits per heavy atom. The molecule has 50 heavy (non-hydrogen) atoms. The van der Waals surface area contributed by atoms with E-state index in [-0.39, 0.29) is 5.97 Å². The molecule has 0 aromatic heterocycles. The van der Waals surface area contributed by atoms with E-state index in [2.05, 4.69) is 20.8 Å². The summed E-state index contributed by atoms with van der Waals surface area (Å²) in [5.74, 6) is 1.38. The van der Waals surface area contributed by atoms with Crippen molar-refractivity contribution in [2.75, 3.05) is 26.4 Å². The second-order valence-electron chi connectivity index (χ2n) is 14.6. The third-order valence-electron chi connectivity index (χ3n) is 9.82. The molecule has 0 aliphatic rings. The third-order valence-corrected chi connectivity index (χ3v) is 9.82. The summed E-state index contributed by atoms with van der Waals surface area (Å²) >= 11 is 0. The molecule has 0 amide bonds. The van der Waals surface area contributed by atoms with Crippen molar-refractivity contribution in [3.05, 3.63) is 17.7 Å². The highest BCUT2D eigenvalue weighted by molar-refractivity contribution is 5.94. The molecule has 0 radical (unpaired) electrons. The van der Waals surface area contributed by atoms with Crippen molar-refractivity contribution in [2.24, 2.45) is 0 Å². The van der Waals surface area contributed by atoms with Gasteiger partial charge in [-0.15, -0.1) is 0 Å². The number of benzene rings is 1. The minimum absolute atomic E-state index is 0.322. The molecule has 0 spiro atoms. The van der Waals surface area contributed by atoms with E-state index in [0.29, 0.717) is 49.2 Å². The summed E-state index contributed by atoms with van der Waals surface area (Å²) in [6.07, 6.45) is 38.4. The lowest BCUT2D eigenvalue weighted by Gasteiger charge is -2.19. The number of hydrogen-bond donors (Lipinski definition) is 0. The molecule has 0 atom stereocenters. The fraction of sp³-hybridized carbons (Fsp3) is 0.844. The second-order valence-corrected chi connectivity index (χ2v) is 14.6. The van der Waals surface area contributed by atoms with Crippen molar-refractivity contribution in [3.63, 3.8) is 0 Å². The highest BCUT2D eigenvalue weighted by atomic mass is 16.5. The van der Waals surface area contributed by atoms with E-state index < -0.39 is 0 Å². The minimum atomic E-state index is -0.365. The first kappa shape index (κ1) is 46.1. The van der Waals surface area contributed by atoms with E-state index in [9.17, 15) is 4.79 Å². The van der Waals surface area contributed by atoms with Crippen molar-refractivity contribution in [1.29, 1.82) is 0 Å². The number of carbonyl (C=O) groups is 1. The third kappa shape index (κ3) is 25.1. The number of unbranched alkanes of at least 4 members (excludes halogenated alkanes) is 27. The fourth-order valence-corrected chi connectivity index (χ4v) is 6.61. The van der Waals surface area contributed by atoms with Gasteiger partial charge < -0.3 is 18.9 Å². The first-order valence-electron chi connectivity index (χ1n) is 21.9. The molecule has 1 aromatic rings. The Bertz CT molecular complexity index is 884. The maximum absolute atomic E-state index is 13.1. The Balaban J connectivity index is 2.73. The quantitative estimate of drug-likeness (QED) is 0.0507. The van der Waals surface area contributed by atoms with E-state index in [0.717, 1.165) is 32.1 Å². The summed E-state index contributed by atoms with van der Waals surface area (Å²) in [5, 5.41) is 0. The van der Waals surface area contributed by atoms with Gasteiger partial charge in [-0.1, -0.05) is 194 Å². The van der Waals surface area contributed by atoms with Crippen LogP contribution >= 0.6 is 0 Å². The molecule has 0 aliphatic heterocycles. The zero-order valence-corrected chi connectivity index (χ0v) is 33.7. The van der Waals surface area contributed by atoms with Crippen molar-refractivity contribution < 1.29 is 23.7 Å². The number of ether oxygens (including phenoxy) is 4. The van der Waals surface area contributed by atoms with Gasteiger partial charge in [0.15, 0.2) is 11.5 Å². The molecule has 0 unspecified atom stereocenters. The molecule has 1 aromatic carbocycles. The summed E-state index contributed by atoms with van der Waals surface area (Å²) in [6, 6.07) is 3.68. The van der Waals surface area contributed by atoms with Crippen LogP contribution in [0.5, 0.6) is 17.2 Å². The minimum Gasteiger partial charge on any atom is -0.490 e. The van der Waals surface area contributed by atoms with Crippen LogP contribution in [0.2, 0.25) is 0 Å². The summed E-state index contributed by atoms with van der Waals surface area (Å²) in [4.78, 5) is 13.1. The monoisotopic (exact) mass is 703 g/mol. The Hall–Kier alpha value is -1.91. The van der Waals surface area contributed by atoms with Crippen LogP contribution in [0.25, 0.3) is 0 Å². The van der Waals surface area contributed by atoms with Crippen molar-refractivity contribution in [2.45, 2.75) is 220 Å². The van der Waals surface area contributed by atoms with Gasteiger partial charge in [0.2, 0.25) is 5.75 Å². The van der Waals surface area contributed by atoms with Gasteiger partial charge in [-0.05, 0) is 38.3 Å². The molecule has 1 rings (SSSR count). The smallest absolute Gasteiger partial charge is 0.342 e. The summed E-state index contributed by atoms with van der Waals surface area (Å²) in [7, 11) is 0. The zero-order chi connectivity index (χ0) is 36.2. The molecular weight excluding hydrogens is 620 g/mol. The number of hydrogen-bond acceptors (Lipinski definition) is 5. The molecule has 5 heteroatoms. The van der Waals surface area contributed by atoms with E-state index in [1.165, 1.54) is 161 Å². The van der Waals surface area contributed by atoms with E-state index in [4.69, 9.17) is 18.9 Å². The molecule has 292 valence electrons. The highest BCUT2D eigenvalue weighted by Crippen LogP contribution is 2.41. The molecule has 0 heterocycles. The first-order chi connectivity index (χ1) is 24.7. The van der Waals surface area contributed by atoms with Gasteiger partial charge in [0.05, 0.1) is 26.4 Å². The fourth-order valence-electron chi connectivity index (χ4n) is 6.61. The topological polar surface area (TPSA) is 54.0 Å². The van der Waals surface area contributed by atoms with Crippen LogP contribution in [0, 0.1) is 0 Å². The highest BCUT2D eigenvalue weighted by Gasteiger charge is 2.23. The molecule has 0 bridgehead atoms. The van der Waals surface area contributed by atoms with E-state index in [1.54, 1.807) is 6.07 Å². The molecule has 0 fully saturated rings. The van der Waals surface area contributed by atoms with Crippen LogP contribution in [-0.4, -0.2) is 32.4 Å². The molecular formula is C45H82O5. The Morgan fingerprint density at radius 1 is 0.400 bits per heavy atom. The Morgan fingerprint density at radius 2 is 0.720 bits per heavy atom. The van der Waals surface area contributed by atoms with Gasteiger partial charge in [0, 0.05) is 0 Å². The van der Waals surface area contributed by atoms with Crippen LogP contribution in [-0.2, 0) is 4.74 Å². The van der Waals surface area contributed by atoms with Crippen molar-refractivity contribution in [3.8, 4) is 17.2 Å². The lowest BCUT2D eigenvalue weighted by atomic mass is 10.1. The average Bonchev–Trinajstić information content (AvgIpc) is 3.12. The molecule has 0 saturated carbocycles. The number of rotatable bonds is 38. The lowest BCUT2D eigenvalue weighted by molar-refractivity contribution is 0.0520. The van der Waals surface area contributed by atoms with Crippen LogP contribution < -0.4 is 14.2 Å². The van der Waals surface area contributed by atoms with Crippen LogP contribution in [0.15, 0.2) is 12.1 Å². The second kappa shape index (κ2) is 35.5. The maximum atomic E-state index is 13.1. The van der Waals surface area contributed by atoms with Crippen LogP contribution in [0.1, 0.15) is 231 Å². The van der Waals surface area contributed by atoms with Gasteiger partial charge in [-0.25, -0.2) is 4.79 Å². The lowest BCUT2D eigenvalue weighted by Crippen LogP contribution is -2.12.